The average molecular weight is 522 g/mol. The third kappa shape index (κ3) is 8.16. The molecule has 0 saturated heterocycles. The van der Waals surface area contributed by atoms with E-state index in [1.165, 1.54) is 17.0 Å². The Balaban J connectivity index is 0.00000364. The van der Waals surface area contributed by atoms with Crippen LogP contribution in [0.5, 0.6) is 0 Å². The van der Waals surface area contributed by atoms with Gasteiger partial charge in [-0.2, -0.15) is 0 Å². The Bertz CT molecular complexity index is 806. The lowest BCUT2D eigenvalue weighted by Gasteiger charge is -2.13. The topological polar surface area (TPSA) is 96.6 Å². The summed E-state index contributed by atoms with van der Waals surface area (Å²) in [6.07, 6.45) is 0.760. The first-order valence-electron chi connectivity index (χ1n) is 8.57. The second kappa shape index (κ2) is 11.6. The zero-order valence-electron chi connectivity index (χ0n) is 15.5. The van der Waals surface area contributed by atoms with Crippen LogP contribution in [0.3, 0.4) is 0 Å². The number of aliphatic imine (C=N–C) groups is 1. The number of nitrogens with one attached hydrogen (secondary N) is 2. The van der Waals surface area contributed by atoms with Gasteiger partial charge in [0.25, 0.3) is 0 Å². The number of halogens is 1. The van der Waals surface area contributed by atoms with E-state index in [2.05, 4.69) is 40.1 Å². The summed E-state index contributed by atoms with van der Waals surface area (Å²) < 4.78 is 22.5. The summed E-state index contributed by atoms with van der Waals surface area (Å²) in [6, 6.07) is 10.8. The van der Waals surface area contributed by atoms with Crippen LogP contribution < -0.4 is 15.8 Å². The Labute approximate surface area is 182 Å². The molecule has 0 aliphatic heterocycles. The first-order chi connectivity index (χ1) is 12.4. The van der Waals surface area contributed by atoms with Crippen molar-refractivity contribution in [2.24, 2.45) is 10.1 Å². The molecule has 0 bridgehead atoms. The van der Waals surface area contributed by atoms with Crippen LogP contribution in [0.4, 0.5) is 0 Å². The Morgan fingerprint density at radius 2 is 1.93 bits per heavy atom. The van der Waals surface area contributed by atoms with Crippen LogP contribution in [0.1, 0.15) is 30.2 Å². The van der Waals surface area contributed by atoms with Gasteiger partial charge in [0.05, 0.1) is 11.4 Å². The molecule has 4 N–H and O–H groups in total. The number of nitrogens with two attached hydrogens (primary N) is 1. The maximum absolute atomic E-state index is 11.3. The van der Waals surface area contributed by atoms with Crippen molar-refractivity contribution in [3.8, 4) is 0 Å². The molecule has 0 saturated carbocycles. The summed E-state index contributed by atoms with van der Waals surface area (Å²) in [5, 5.41) is 13.8. The molecular weight excluding hydrogens is 495 g/mol. The van der Waals surface area contributed by atoms with Crippen molar-refractivity contribution >= 4 is 51.3 Å². The maximum Gasteiger partial charge on any atom is 0.238 e. The lowest BCUT2D eigenvalue weighted by atomic mass is 10.1. The fourth-order valence-electron chi connectivity index (χ4n) is 2.40. The summed E-state index contributed by atoms with van der Waals surface area (Å²) in [4.78, 5) is 6.12. The highest BCUT2D eigenvalue weighted by atomic mass is 127. The van der Waals surface area contributed by atoms with Crippen molar-refractivity contribution in [2.75, 3.05) is 19.6 Å². The first-order valence-corrected chi connectivity index (χ1v) is 11.0. The van der Waals surface area contributed by atoms with Crippen LogP contribution in [0.2, 0.25) is 0 Å². The molecule has 0 spiro atoms. The van der Waals surface area contributed by atoms with E-state index in [0.717, 1.165) is 31.0 Å². The fourth-order valence-corrected chi connectivity index (χ4v) is 3.70. The second-order valence-corrected chi connectivity index (χ2v) is 8.54. The van der Waals surface area contributed by atoms with E-state index in [-0.39, 0.29) is 28.9 Å². The van der Waals surface area contributed by atoms with Crippen LogP contribution in [0.25, 0.3) is 0 Å². The van der Waals surface area contributed by atoms with Gasteiger partial charge in [0, 0.05) is 23.9 Å². The van der Waals surface area contributed by atoms with Crippen LogP contribution in [-0.2, 0) is 16.4 Å². The molecule has 1 atom stereocenters. The van der Waals surface area contributed by atoms with Gasteiger partial charge >= 0.3 is 0 Å². The van der Waals surface area contributed by atoms with Crippen molar-refractivity contribution in [2.45, 2.75) is 31.1 Å². The highest BCUT2D eigenvalue weighted by Gasteiger charge is 2.08. The number of hydrogen-bond acceptors (Lipinski definition) is 4. The molecule has 1 aromatic carbocycles. The zero-order valence-corrected chi connectivity index (χ0v) is 19.5. The molecule has 2 aromatic rings. The number of nitrogens with zero attached hydrogens (tertiary/aromatic N) is 1. The van der Waals surface area contributed by atoms with E-state index in [1.807, 2.05) is 6.92 Å². The van der Waals surface area contributed by atoms with Gasteiger partial charge in [0.2, 0.25) is 10.0 Å². The standard InChI is InChI=1S/C18H26N4O2S2.HI/c1-3-20-18(22-13-14(2)17-5-4-12-25-17)21-11-10-15-6-8-16(9-7-15)26(19,23)24;/h4-9,12,14H,3,10-11,13H2,1-2H3,(H2,19,23,24)(H2,20,21,22);1H. The van der Waals surface area contributed by atoms with Gasteiger partial charge in [-0.1, -0.05) is 25.1 Å². The van der Waals surface area contributed by atoms with Gasteiger partial charge in [0.1, 0.15) is 0 Å². The fraction of sp³-hybridized carbons (Fsp3) is 0.389. The number of benzene rings is 1. The van der Waals surface area contributed by atoms with Crippen molar-refractivity contribution in [1.82, 2.24) is 10.6 Å². The molecule has 1 aromatic heterocycles. The molecule has 0 aliphatic rings. The predicted octanol–water partition coefficient (Wildman–Crippen LogP) is 2.91. The Morgan fingerprint density at radius 3 is 2.48 bits per heavy atom. The van der Waals surface area contributed by atoms with E-state index in [0.29, 0.717) is 12.5 Å². The number of hydrogen-bond donors (Lipinski definition) is 3. The summed E-state index contributed by atoms with van der Waals surface area (Å²) in [7, 11) is -3.64. The quantitative estimate of drug-likeness (QED) is 0.282. The molecule has 6 nitrogen and oxygen atoms in total. The van der Waals surface area contributed by atoms with Gasteiger partial charge in [-0.3, -0.25) is 4.99 Å². The third-order valence-corrected chi connectivity index (χ3v) is 5.89. The van der Waals surface area contributed by atoms with E-state index >= 15 is 0 Å². The van der Waals surface area contributed by atoms with Crippen molar-refractivity contribution in [3.63, 3.8) is 0 Å². The molecule has 27 heavy (non-hydrogen) atoms. The Hall–Kier alpha value is -1.17. The molecule has 2 rings (SSSR count). The lowest BCUT2D eigenvalue weighted by Crippen LogP contribution is -2.38. The lowest BCUT2D eigenvalue weighted by molar-refractivity contribution is 0.598. The number of primary sulfonamides is 1. The minimum atomic E-state index is -3.64. The molecule has 0 amide bonds. The van der Waals surface area contributed by atoms with Crippen molar-refractivity contribution in [1.29, 1.82) is 0 Å². The molecule has 150 valence electrons. The normalized spacial score (nSPS) is 12.9. The minimum Gasteiger partial charge on any atom is -0.357 e. The van der Waals surface area contributed by atoms with Gasteiger partial charge in [-0.25, -0.2) is 13.6 Å². The highest BCUT2D eigenvalue weighted by molar-refractivity contribution is 14.0. The smallest absolute Gasteiger partial charge is 0.238 e. The number of thiophene rings is 1. The molecule has 0 aliphatic carbocycles. The van der Waals surface area contributed by atoms with E-state index < -0.39 is 10.0 Å². The molecule has 9 heteroatoms. The number of rotatable bonds is 8. The summed E-state index contributed by atoms with van der Waals surface area (Å²) in [6.45, 7) is 6.42. The largest absolute Gasteiger partial charge is 0.357 e. The molecule has 1 unspecified atom stereocenters. The SMILES string of the molecule is CCNC(=NCC(C)c1cccs1)NCCc1ccc(S(N)(=O)=O)cc1.I. The van der Waals surface area contributed by atoms with Crippen molar-refractivity contribution < 1.29 is 8.42 Å². The molecule has 0 fully saturated rings. The van der Waals surface area contributed by atoms with Gasteiger partial charge in [-0.15, -0.1) is 35.3 Å². The van der Waals surface area contributed by atoms with Crippen LogP contribution in [-0.4, -0.2) is 34.0 Å². The third-order valence-electron chi connectivity index (χ3n) is 3.85. The number of guanidine groups is 1. The second-order valence-electron chi connectivity index (χ2n) is 6.00. The summed E-state index contributed by atoms with van der Waals surface area (Å²) in [5.41, 5.74) is 1.03. The first kappa shape index (κ1) is 23.9. The summed E-state index contributed by atoms with van der Waals surface area (Å²) in [5.74, 6) is 1.17. The minimum absolute atomic E-state index is 0. The van der Waals surface area contributed by atoms with Crippen LogP contribution >= 0.6 is 35.3 Å². The summed E-state index contributed by atoms with van der Waals surface area (Å²) >= 11 is 1.75. The van der Waals surface area contributed by atoms with E-state index in [9.17, 15) is 8.42 Å². The van der Waals surface area contributed by atoms with Crippen LogP contribution in [0, 0.1) is 0 Å². The Morgan fingerprint density at radius 1 is 1.22 bits per heavy atom. The molecule has 0 radical (unpaired) electrons. The maximum atomic E-state index is 11.3. The van der Waals surface area contributed by atoms with E-state index in [4.69, 9.17) is 5.14 Å². The van der Waals surface area contributed by atoms with Gasteiger partial charge in [0.15, 0.2) is 5.96 Å². The van der Waals surface area contributed by atoms with Gasteiger partial charge < -0.3 is 10.6 Å². The zero-order chi connectivity index (χ0) is 19.0. The Kier molecular flexibility index (Phi) is 10.3. The number of sulfonamides is 1. The predicted molar refractivity (Wildman–Crippen MR) is 124 cm³/mol. The van der Waals surface area contributed by atoms with Gasteiger partial charge in [-0.05, 0) is 42.5 Å². The highest BCUT2D eigenvalue weighted by Crippen LogP contribution is 2.20. The molecular formula is C18H27IN4O2S2. The van der Waals surface area contributed by atoms with Crippen molar-refractivity contribution in [3.05, 3.63) is 52.2 Å². The van der Waals surface area contributed by atoms with E-state index in [1.54, 1.807) is 23.5 Å². The monoisotopic (exact) mass is 522 g/mol. The van der Waals surface area contributed by atoms with Crippen LogP contribution in [0.15, 0.2) is 51.7 Å². The average Bonchev–Trinajstić information content (AvgIpc) is 3.14. The molecule has 1 heterocycles.